The van der Waals surface area contributed by atoms with Crippen molar-refractivity contribution >= 4 is 5.97 Å². The van der Waals surface area contributed by atoms with Crippen LogP contribution in [-0.4, -0.2) is 46.1 Å². The molecule has 0 aliphatic carbocycles. The van der Waals surface area contributed by atoms with Gasteiger partial charge in [-0.1, -0.05) is 0 Å². The van der Waals surface area contributed by atoms with Crippen LogP contribution in [0.15, 0.2) is 0 Å². The Bertz CT molecular complexity index is 149. The fraction of sp³-hybridized carbons (Fsp3) is 0.800. The summed E-state index contributed by atoms with van der Waals surface area (Å²) in [6.45, 7) is -0.231. The molecule has 1 fully saturated rings. The average molecular weight is 147 g/mol. The first-order valence-corrected chi connectivity index (χ1v) is 2.94. The third-order valence-corrected chi connectivity index (χ3v) is 1.61. The minimum atomic E-state index is -1.09. The molecule has 0 bridgehead atoms. The standard InChI is InChI=1S/C5H9NO4/c7-1-2-4(8)3(6-2)5(9)10/h2-4,6-8H,1H2,(H,9,10). The molecule has 0 aromatic rings. The van der Waals surface area contributed by atoms with Crippen LogP contribution in [-0.2, 0) is 4.79 Å². The molecule has 0 radical (unpaired) electrons. The number of aliphatic carboxylic acids is 1. The Morgan fingerprint density at radius 3 is 2.50 bits per heavy atom. The van der Waals surface area contributed by atoms with Crippen molar-refractivity contribution in [3.05, 3.63) is 0 Å². The summed E-state index contributed by atoms with van der Waals surface area (Å²) in [5.41, 5.74) is 0. The van der Waals surface area contributed by atoms with E-state index in [0.717, 1.165) is 0 Å². The normalized spacial score (nSPS) is 38.8. The number of hydrogen-bond donors (Lipinski definition) is 4. The first-order valence-electron chi connectivity index (χ1n) is 2.94. The first-order chi connectivity index (χ1) is 4.66. The molecule has 3 unspecified atom stereocenters. The highest BCUT2D eigenvalue weighted by molar-refractivity contribution is 5.76. The summed E-state index contributed by atoms with van der Waals surface area (Å²) in [5, 5.41) is 28.2. The van der Waals surface area contributed by atoms with Gasteiger partial charge in [0.2, 0.25) is 0 Å². The van der Waals surface area contributed by atoms with Crippen molar-refractivity contribution in [3.63, 3.8) is 0 Å². The summed E-state index contributed by atoms with van der Waals surface area (Å²) in [7, 11) is 0. The molecule has 10 heavy (non-hydrogen) atoms. The monoisotopic (exact) mass is 147 g/mol. The Kier molecular flexibility index (Phi) is 1.89. The van der Waals surface area contributed by atoms with Crippen LogP contribution in [0.2, 0.25) is 0 Å². The van der Waals surface area contributed by atoms with Crippen LogP contribution in [0.5, 0.6) is 0 Å². The molecule has 0 saturated carbocycles. The summed E-state index contributed by atoms with van der Waals surface area (Å²) in [6.07, 6.45) is -0.956. The molecule has 0 aromatic heterocycles. The second kappa shape index (κ2) is 2.53. The SMILES string of the molecule is O=C(O)C1NC(CO)C1O. The molecule has 0 spiro atoms. The van der Waals surface area contributed by atoms with E-state index >= 15 is 0 Å². The van der Waals surface area contributed by atoms with E-state index in [4.69, 9.17) is 15.3 Å². The molecule has 0 aromatic carbocycles. The van der Waals surface area contributed by atoms with E-state index in [1.807, 2.05) is 0 Å². The molecule has 1 heterocycles. The summed E-state index contributed by atoms with van der Waals surface area (Å²) in [5.74, 6) is -1.09. The summed E-state index contributed by atoms with van der Waals surface area (Å²) < 4.78 is 0. The number of aliphatic hydroxyl groups is 2. The van der Waals surface area contributed by atoms with Gasteiger partial charge in [0.15, 0.2) is 0 Å². The summed E-state index contributed by atoms with van der Waals surface area (Å²) in [6, 6.07) is -1.38. The molecule has 5 heteroatoms. The lowest BCUT2D eigenvalue weighted by Crippen LogP contribution is -2.69. The highest BCUT2D eigenvalue weighted by Gasteiger charge is 2.43. The summed E-state index contributed by atoms with van der Waals surface area (Å²) >= 11 is 0. The second-order valence-corrected chi connectivity index (χ2v) is 2.26. The lowest BCUT2D eigenvalue weighted by atomic mass is 9.94. The molecule has 1 rings (SSSR count). The van der Waals surface area contributed by atoms with Gasteiger partial charge in [-0.2, -0.15) is 0 Å². The van der Waals surface area contributed by atoms with Crippen molar-refractivity contribution in [2.45, 2.75) is 18.2 Å². The molecule has 5 nitrogen and oxygen atoms in total. The maximum Gasteiger partial charge on any atom is 0.323 e. The Morgan fingerprint density at radius 1 is 1.60 bits per heavy atom. The third kappa shape index (κ3) is 0.985. The smallest absolute Gasteiger partial charge is 0.323 e. The lowest BCUT2D eigenvalue weighted by Gasteiger charge is -2.38. The van der Waals surface area contributed by atoms with Crippen LogP contribution < -0.4 is 5.32 Å². The van der Waals surface area contributed by atoms with E-state index in [2.05, 4.69) is 5.32 Å². The number of hydrogen-bond acceptors (Lipinski definition) is 4. The molecular formula is C5H9NO4. The van der Waals surface area contributed by atoms with E-state index in [-0.39, 0.29) is 6.61 Å². The zero-order valence-corrected chi connectivity index (χ0v) is 5.19. The molecule has 1 aliphatic heterocycles. The van der Waals surface area contributed by atoms with Gasteiger partial charge in [-0.25, -0.2) is 0 Å². The largest absolute Gasteiger partial charge is 0.480 e. The Balaban J connectivity index is 2.39. The Hall–Kier alpha value is -0.650. The van der Waals surface area contributed by atoms with E-state index in [0.29, 0.717) is 0 Å². The zero-order valence-electron chi connectivity index (χ0n) is 5.19. The first kappa shape index (κ1) is 7.46. The quantitative estimate of drug-likeness (QED) is 0.355. The van der Waals surface area contributed by atoms with Crippen molar-refractivity contribution in [1.29, 1.82) is 0 Å². The average Bonchev–Trinajstić information content (AvgIpc) is 1.85. The van der Waals surface area contributed by atoms with Gasteiger partial charge in [-0.3, -0.25) is 10.1 Å². The number of carbonyl (C=O) groups is 1. The van der Waals surface area contributed by atoms with Crippen LogP contribution in [0.25, 0.3) is 0 Å². The Morgan fingerprint density at radius 2 is 2.20 bits per heavy atom. The maximum absolute atomic E-state index is 10.1. The molecule has 58 valence electrons. The minimum Gasteiger partial charge on any atom is -0.480 e. The predicted molar refractivity (Wildman–Crippen MR) is 31.4 cm³/mol. The molecule has 3 atom stereocenters. The zero-order chi connectivity index (χ0) is 7.72. The molecular weight excluding hydrogens is 138 g/mol. The van der Waals surface area contributed by atoms with Crippen molar-refractivity contribution in [2.75, 3.05) is 6.61 Å². The van der Waals surface area contributed by atoms with Crippen LogP contribution in [0.3, 0.4) is 0 Å². The molecule has 1 saturated heterocycles. The van der Waals surface area contributed by atoms with E-state index in [1.165, 1.54) is 0 Å². The highest BCUT2D eigenvalue weighted by Crippen LogP contribution is 2.11. The van der Waals surface area contributed by atoms with E-state index in [9.17, 15) is 4.79 Å². The van der Waals surface area contributed by atoms with Gasteiger partial charge in [0, 0.05) is 0 Å². The number of nitrogens with one attached hydrogen (secondary N) is 1. The Labute approximate surface area is 57.3 Å². The van der Waals surface area contributed by atoms with Gasteiger partial charge in [0.05, 0.1) is 18.8 Å². The lowest BCUT2D eigenvalue weighted by molar-refractivity contribution is -0.150. The van der Waals surface area contributed by atoms with Gasteiger partial charge in [0.1, 0.15) is 6.04 Å². The van der Waals surface area contributed by atoms with Crippen LogP contribution >= 0.6 is 0 Å². The summed E-state index contributed by atoms with van der Waals surface area (Å²) in [4.78, 5) is 10.1. The van der Waals surface area contributed by atoms with E-state index in [1.54, 1.807) is 0 Å². The van der Waals surface area contributed by atoms with Gasteiger partial charge < -0.3 is 15.3 Å². The number of carboxylic acids is 1. The molecule has 0 amide bonds. The number of aliphatic hydroxyl groups excluding tert-OH is 2. The van der Waals surface area contributed by atoms with Gasteiger partial charge in [-0.15, -0.1) is 0 Å². The fourth-order valence-corrected chi connectivity index (χ4v) is 0.920. The number of carboxylic acid groups (broad SMARTS) is 1. The number of rotatable bonds is 2. The fourth-order valence-electron chi connectivity index (χ4n) is 0.920. The van der Waals surface area contributed by atoms with Crippen molar-refractivity contribution < 1.29 is 20.1 Å². The third-order valence-electron chi connectivity index (χ3n) is 1.61. The predicted octanol–water partition coefficient (Wildman–Crippen LogP) is -2.24. The van der Waals surface area contributed by atoms with Crippen LogP contribution in [0.1, 0.15) is 0 Å². The van der Waals surface area contributed by atoms with Gasteiger partial charge in [-0.05, 0) is 0 Å². The highest BCUT2D eigenvalue weighted by atomic mass is 16.4. The minimum absolute atomic E-state index is 0.231. The van der Waals surface area contributed by atoms with Gasteiger partial charge in [0.25, 0.3) is 0 Å². The van der Waals surface area contributed by atoms with Crippen molar-refractivity contribution in [2.24, 2.45) is 0 Å². The molecule has 1 aliphatic rings. The molecule has 4 N–H and O–H groups in total. The maximum atomic E-state index is 10.1. The van der Waals surface area contributed by atoms with Gasteiger partial charge >= 0.3 is 5.97 Å². The van der Waals surface area contributed by atoms with E-state index < -0.39 is 24.2 Å². The van der Waals surface area contributed by atoms with Crippen molar-refractivity contribution in [1.82, 2.24) is 5.32 Å². The van der Waals surface area contributed by atoms with Crippen LogP contribution in [0, 0.1) is 0 Å². The second-order valence-electron chi connectivity index (χ2n) is 2.26. The van der Waals surface area contributed by atoms with Crippen molar-refractivity contribution in [3.8, 4) is 0 Å². The topological polar surface area (TPSA) is 89.8 Å². The van der Waals surface area contributed by atoms with Crippen LogP contribution in [0.4, 0.5) is 0 Å².